The average molecular weight is 1240 g/mol. The van der Waals surface area contributed by atoms with Gasteiger partial charge in [0.1, 0.15) is 12.4 Å². The molecule has 0 aliphatic rings. The number of carbonyl (C=O) groups excluding carboxylic acids is 2. The lowest BCUT2D eigenvalue weighted by Crippen LogP contribution is -2.11. The molecule has 0 amide bonds. The average Bonchev–Trinajstić information content (AvgIpc) is 1.99. The van der Waals surface area contributed by atoms with E-state index in [0.29, 0.717) is 65.3 Å². The van der Waals surface area contributed by atoms with E-state index in [1.165, 1.54) is 11.1 Å². The van der Waals surface area contributed by atoms with Crippen molar-refractivity contribution in [1.29, 1.82) is 0 Å². The minimum Gasteiger partial charge on any atom is -0.463 e. The quantitative estimate of drug-likeness (QED) is 0.0714. The molecule has 0 spiro atoms. The first-order valence-electron chi connectivity index (χ1n) is 30.8. The molecule has 12 rings (SSSR count). The number of fused-ring (bicyclic) bond motifs is 1. The minimum absolute atomic E-state index is 0.000872. The van der Waals surface area contributed by atoms with Crippen molar-refractivity contribution < 1.29 is 37.0 Å². The summed E-state index contributed by atoms with van der Waals surface area (Å²) in [5.74, 6) is -0.781. The third kappa shape index (κ3) is 14.2. The Bertz CT molecular complexity index is 4600. The summed E-state index contributed by atoms with van der Waals surface area (Å²) in [6.45, 7) is 14.3. The molecular formula is C77H68F2N8O6. The number of esters is 1. The number of aryl methyl sites for hydroxylation is 2. The van der Waals surface area contributed by atoms with E-state index in [9.17, 15) is 9.59 Å². The lowest BCUT2D eigenvalue weighted by Gasteiger charge is -2.26. The number of ketones is 1. The Morgan fingerprint density at radius 3 is 1.02 bits per heavy atom. The van der Waals surface area contributed by atoms with Crippen molar-refractivity contribution in [2.45, 2.75) is 85.0 Å². The van der Waals surface area contributed by atoms with Crippen molar-refractivity contribution in [2.24, 2.45) is 0 Å². The van der Waals surface area contributed by atoms with Gasteiger partial charge in [0.25, 0.3) is 0 Å². The van der Waals surface area contributed by atoms with E-state index in [-0.39, 0.29) is 47.3 Å². The maximum absolute atomic E-state index is 15.0. The molecule has 93 heavy (non-hydrogen) atoms. The highest BCUT2D eigenvalue weighted by molar-refractivity contribution is 5.89. The van der Waals surface area contributed by atoms with Crippen LogP contribution in [0.4, 0.5) is 42.9 Å². The van der Waals surface area contributed by atoms with Crippen molar-refractivity contribution >= 4 is 56.9 Å². The number of halogens is 2. The second-order valence-electron chi connectivity index (χ2n) is 25.0. The fraction of sp³-hybridized carbons (Fsp3) is 0.195. The molecule has 466 valence electrons. The molecule has 3 heterocycles. The molecule has 0 saturated heterocycles. The largest absolute Gasteiger partial charge is 0.463 e. The van der Waals surface area contributed by atoms with Gasteiger partial charge in [0.05, 0.1) is 29.0 Å². The van der Waals surface area contributed by atoms with Crippen molar-refractivity contribution in [3.05, 3.63) is 240 Å². The summed E-state index contributed by atoms with van der Waals surface area (Å²) < 4.78 is 47.6. The monoisotopic (exact) mass is 1240 g/mol. The zero-order valence-electron chi connectivity index (χ0n) is 52.7. The zero-order valence-corrected chi connectivity index (χ0v) is 52.7. The van der Waals surface area contributed by atoms with Crippen LogP contribution >= 0.6 is 0 Å². The van der Waals surface area contributed by atoms with Crippen LogP contribution in [0, 0.1) is 11.6 Å². The molecule has 0 bridgehead atoms. The second kappa shape index (κ2) is 26.5. The number of hydrogen-bond donors (Lipinski definition) is 1. The van der Waals surface area contributed by atoms with E-state index in [0.717, 1.165) is 79.6 Å². The predicted molar refractivity (Wildman–Crippen MR) is 360 cm³/mol. The summed E-state index contributed by atoms with van der Waals surface area (Å²) >= 11 is 0. The molecule has 0 fully saturated rings. The van der Waals surface area contributed by atoms with Gasteiger partial charge in [-0.25, -0.2) is 18.7 Å². The fourth-order valence-corrected chi connectivity index (χ4v) is 11.0. The van der Waals surface area contributed by atoms with E-state index < -0.39 is 17.6 Å². The van der Waals surface area contributed by atoms with Crippen LogP contribution in [0.3, 0.4) is 0 Å². The number of aromatic nitrogens is 6. The summed E-state index contributed by atoms with van der Waals surface area (Å²) in [6, 6.07) is 65.7. The first-order valence-corrected chi connectivity index (χ1v) is 30.8. The normalized spacial score (nSPS) is 11.7. The second-order valence-corrected chi connectivity index (χ2v) is 25.0. The molecular weight excluding hydrogens is 1170 g/mol. The van der Waals surface area contributed by atoms with Gasteiger partial charge < -0.3 is 33.3 Å². The molecule has 0 atom stereocenters. The van der Waals surface area contributed by atoms with Gasteiger partial charge in [0.2, 0.25) is 23.6 Å². The van der Waals surface area contributed by atoms with Crippen LogP contribution in [-0.4, -0.2) is 60.4 Å². The van der Waals surface area contributed by atoms with Crippen molar-refractivity contribution in [1.82, 2.24) is 30.4 Å². The van der Waals surface area contributed by atoms with Gasteiger partial charge in [0, 0.05) is 92.5 Å². The minimum atomic E-state index is -1.04. The van der Waals surface area contributed by atoms with Gasteiger partial charge in [-0.3, -0.25) is 4.79 Å². The van der Waals surface area contributed by atoms with Crippen molar-refractivity contribution in [3.8, 4) is 68.3 Å². The third-order valence-corrected chi connectivity index (χ3v) is 16.2. The molecule has 12 aromatic rings. The van der Waals surface area contributed by atoms with Crippen LogP contribution in [0.15, 0.2) is 215 Å². The van der Waals surface area contributed by atoms with Crippen LogP contribution in [-0.2, 0) is 38.0 Å². The van der Waals surface area contributed by atoms with Crippen LogP contribution in [0.1, 0.15) is 83.6 Å². The molecule has 1 N–H and O–H groups in total. The van der Waals surface area contributed by atoms with Gasteiger partial charge in [0.15, 0.2) is 11.6 Å². The molecule has 0 radical (unpaired) electrons. The number of nitrogens with zero attached hydrogens (tertiary/aromatic N) is 8. The van der Waals surface area contributed by atoms with E-state index in [1.807, 2.05) is 170 Å². The summed E-state index contributed by atoms with van der Waals surface area (Å²) in [4.78, 5) is 38.5. The van der Waals surface area contributed by atoms with Gasteiger partial charge in [-0.05, 0) is 174 Å². The highest BCUT2D eigenvalue weighted by Gasteiger charge is 2.23. The van der Waals surface area contributed by atoms with Crippen LogP contribution in [0.25, 0.3) is 79.4 Å². The van der Waals surface area contributed by atoms with E-state index in [2.05, 4.69) is 96.0 Å². The van der Waals surface area contributed by atoms with Crippen LogP contribution in [0.5, 0.6) is 0 Å². The SMILES string of the molecule is CC(=O)CCc1ccc(N(c2ccc(-c3nnc(-c4ccc(C(C)(C)C)cc4)o3)cc2)c2ccc(-c3nc4cc(F)c(F)cc4nc3-c3ccc(N(c4ccc(CCC(=O)OCCO)cc4)c4ccc(-c5nnc(-c6ccc(C(C)(C)C)cc6)o5)cc4)cc3)cc2)cc1. The topological polar surface area (TPSA) is 174 Å². The van der Waals surface area contributed by atoms with Gasteiger partial charge in [-0.15, -0.1) is 20.4 Å². The summed E-state index contributed by atoms with van der Waals surface area (Å²) in [7, 11) is 0. The Morgan fingerprint density at radius 1 is 0.430 bits per heavy atom. The van der Waals surface area contributed by atoms with Crippen LogP contribution in [0.2, 0.25) is 0 Å². The molecule has 0 aliphatic heterocycles. The van der Waals surface area contributed by atoms with Gasteiger partial charge in [-0.2, -0.15) is 0 Å². The Morgan fingerprint density at radius 2 is 0.720 bits per heavy atom. The van der Waals surface area contributed by atoms with Crippen molar-refractivity contribution in [2.75, 3.05) is 23.0 Å². The molecule has 0 aliphatic carbocycles. The molecule has 3 aromatic heterocycles. The molecule has 0 unspecified atom stereocenters. The standard InChI is InChI=1S/C77H68F2N8O6/c1-48(89)8-9-49-10-31-59(32-11-49)86(63-39-23-55(24-40-63)74-84-82-72(92-74)53-15-27-57(28-16-53)76(2,3)4)61-35-19-51(20-36-61)70-71(81-68-47-66(79)65(78)46-67(68)80-70)52-21-37-62(38-22-52)87(60-33-12-50(13-34-60)14-43-69(90)91-45-44-88)64-41-25-56(26-42-64)75-85-83-73(93-75)54-17-29-58(30-18-54)77(5,6)7/h10-13,15-42,46-47,88H,8-9,14,43-45H2,1-7H3. The lowest BCUT2D eigenvalue weighted by atomic mass is 9.87. The first-order chi connectivity index (χ1) is 44.8. The number of benzene rings is 9. The Labute approximate surface area is 538 Å². The number of aliphatic hydroxyl groups excluding tert-OH is 1. The highest BCUT2D eigenvalue weighted by Crippen LogP contribution is 2.42. The summed E-state index contributed by atoms with van der Waals surface area (Å²) in [6.07, 6.45) is 1.66. The number of rotatable bonds is 20. The van der Waals surface area contributed by atoms with Crippen molar-refractivity contribution in [3.63, 3.8) is 0 Å². The molecule has 9 aromatic carbocycles. The molecule has 14 nitrogen and oxygen atoms in total. The number of anilines is 6. The maximum atomic E-state index is 15.0. The third-order valence-electron chi connectivity index (χ3n) is 16.2. The van der Waals surface area contributed by atoms with E-state index >= 15 is 8.78 Å². The van der Waals surface area contributed by atoms with Crippen LogP contribution < -0.4 is 9.80 Å². The molecule has 16 heteroatoms. The summed E-state index contributed by atoms with van der Waals surface area (Å²) in [5, 5.41) is 26.7. The number of Topliss-reactive ketones (excluding diaryl/α,β-unsaturated/α-hetero) is 1. The van der Waals surface area contributed by atoms with Gasteiger partial charge in [-0.1, -0.05) is 114 Å². The van der Waals surface area contributed by atoms with E-state index in [1.54, 1.807) is 6.92 Å². The number of hydrogen-bond acceptors (Lipinski definition) is 14. The fourth-order valence-electron chi connectivity index (χ4n) is 11.0. The number of ether oxygens (including phenoxy) is 1. The molecule has 0 saturated carbocycles. The van der Waals surface area contributed by atoms with Gasteiger partial charge >= 0.3 is 5.97 Å². The van der Waals surface area contributed by atoms with E-state index in [4.69, 9.17) is 28.6 Å². The number of aliphatic hydroxyl groups is 1. The Kier molecular flexibility index (Phi) is 17.8. The first kappa shape index (κ1) is 62.4. The number of carbonyl (C=O) groups is 2. The Hall–Kier alpha value is -10.8. The lowest BCUT2D eigenvalue weighted by molar-refractivity contribution is -0.144. The smallest absolute Gasteiger partial charge is 0.306 e. The zero-order chi connectivity index (χ0) is 65.0. The predicted octanol–water partition coefficient (Wildman–Crippen LogP) is 18.2. The Balaban J connectivity index is 0.871. The maximum Gasteiger partial charge on any atom is 0.306 e. The highest BCUT2D eigenvalue weighted by atomic mass is 19.2. The summed E-state index contributed by atoms with van der Waals surface area (Å²) in [5.41, 5.74) is 14.9.